The van der Waals surface area contributed by atoms with Crippen molar-refractivity contribution in [2.24, 2.45) is 0 Å². The van der Waals surface area contributed by atoms with Gasteiger partial charge >= 0.3 is 0 Å². The maximum absolute atomic E-state index is 12.6. The summed E-state index contributed by atoms with van der Waals surface area (Å²) in [5, 5.41) is 3.37. The Bertz CT molecular complexity index is 953. The molecule has 0 bridgehead atoms. The van der Waals surface area contributed by atoms with Gasteiger partial charge < -0.3 is 14.2 Å². The summed E-state index contributed by atoms with van der Waals surface area (Å²) in [5.41, 5.74) is 1.28. The van der Waals surface area contributed by atoms with E-state index in [1.165, 1.54) is 11.3 Å². The number of nitrogens with zero attached hydrogens (tertiary/aromatic N) is 2. The fraction of sp³-hybridized carbons (Fsp3) is 0.316. The minimum Gasteiger partial charge on any atom is -0.494 e. The molecule has 1 N–H and O–H groups in total. The number of pyridine rings is 1. The van der Waals surface area contributed by atoms with Gasteiger partial charge in [0.15, 0.2) is 5.13 Å². The van der Waals surface area contributed by atoms with Gasteiger partial charge in [-0.25, -0.2) is 9.97 Å². The van der Waals surface area contributed by atoms with Crippen molar-refractivity contribution in [2.45, 2.75) is 19.4 Å². The summed E-state index contributed by atoms with van der Waals surface area (Å²) in [5.74, 6) is 0.955. The Kier molecular flexibility index (Phi) is 5.17. The van der Waals surface area contributed by atoms with Gasteiger partial charge in [-0.2, -0.15) is 0 Å². The Morgan fingerprint density at radius 1 is 1.37 bits per heavy atom. The van der Waals surface area contributed by atoms with E-state index in [1.807, 2.05) is 25.1 Å². The maximum Gasteiger partial charge on any atom is 0.257 e. The number of hydrogen-bond acceptors (Lipinski definition) is 7. The molecule has 1 amide bonds. The Labute approximate surface area is 160 Å². The molecule has 7 nitrogen and oxygen atoms in total. The van der Waals surface area contributed by atoms with E-state index in [2.05, 4.69) is 15.3 Å². The van der Waals surface area contributed by atoms with Gasteiger partial charge in [-0.15, -0.1) is 0 Å². The molecule has 0 spiro atoms. The number of aromatic nitrogens is 2. The van der Waals surface area contributed by atoms with Crippen LogP contribution in [-0.4, -0.2) is 41.8 Å². The number of nitrogens with one attached hydrogen (secondary N) is 1. The van der Waals surface area contributed by atoms with Crippen LogP contribution in [0.25, 0.3) is 10.2 Å². The summed E-state index contributed by atoms with van der Waals surface area (Å²) >= 11 is 1.40. The van der Waals surface area contributed by atoms with Crippen molar-refractivity contribution < 1.29 is 19.0 Å². The molecule has 27 heavy (non-hydrogen) atoms. The highest BCUT2D eigenvalue weighted by Gasteiger charge is 2.18. The van der Waals surface area contributed by atoms with Gasteiger partial charge in [0.1, 0.15) is 11.9 Å². The van der Waals surface area contributed by atoms with E-state index >= 15 is 0 Å². The Balaban J connectivity index is 1.47. The number of amides is 1. The first-order valence-electron chi connectivity index (χ1n) is 8.76. The van der Waals surface area contributed by atoms with Gasteiger partial charge in [-0.3, -0.25) is 10.1 Å². The molecule has 0 unspecified atom stereocenters. The predicted octanol–water partition coefficient (Wildman–Crippen LogP) is 3.51. The lowest BCUT2D eigenvalue weighted by molar-refractivity contribution is 0.102. The lowest BCUT2D eigenvalue weighted by Gasteiger charge is -2.11. The number of carbonyl (C=O) groups excluding carboxylic acids is 1. The van der Waals surface area contributed by atoms with Crippen molar-refractivity contribution in [2.75, 3.05) is 25.1 Å². The van der Waals surface area contributed by atoms with Crippen LogP contribution < -0.4 is 14.8 Å². The Morgan fingerprint density at radius 2 is 2.30 bits per heavy atom. The molecule has 0 radical (unpaired) electrons. The average Bonchev–Trinajstić information content (AvgIpc) is 3.31. The van der Waals surface area contributed by atoms with E-state index in [9.17, 15) is 4.79 Å². The second-order valence-corrected chi connectivity index (χ2v) is 7.05. The molecule has 8 heteroatoms. The van der Waals surface area contributed by atoms with Crippen LogP contribution in [0.15, 0.2) is 36.5 Å². The lowest BCUT2D eigenvalue weighted by atomic mass is 10.2. The zero-order chi connectivity index (χ0) is 18.6. The molecule has 2 aromatic heterocycles. The second-order valence-electron chi connectivity index (χ2n) is 6.02. The molecular weight excluding hydrogens is 366 g/mol. The Hall–Kier alpha value is -2.71. The molecule has 0 aliphatic carbocycles. The van der Waals surface area contributed by atoms with E-state index in [4.69, 9.17) is 14.2 Å². The van der Waals surface area contributed by atoms with E-state index in [0.717, 1.165) is 22.4 Å². The first kappa shape index (κ1) is 17.7. The van der Waals surface area contributed by atoms with Crippen molar-refractivity contribution in [1.82, 2.24) is 9.97 Å². The van der Waals surface area contributed by atoms with Gasteiger partial charge in [0.25, 0.3) is 5.91 Å². The summed E-state index contributed by atoms with van der Waals surface area (Å²) in [6, 6.07) is 8.96. The van der Waals surface area contributed by atoms with Crippen LogP contribution in [0.2, 0.25) is 0 Å². The summed E-state index contributed by atoms with van der Waals surface area (Å²) in [6.07, 6.45) is 2.37. The van der Waals surface area contributed by atoms with E-state index in [1.54, 1.807) is 18.3 Å². The molecule has 140 valence electrons. The minimum atomic E-state index is -0.256. The number of hydrogen-bond donors (Lipinski definition) is 1. The van der Waals surface area contributed by atoms with Gasteiger partial charge in [-0.05, 0) is 31.2 Å². The quantitative estimate of drug-likeness (QED) is 0.699. The zero-order valence-corrected chi connectivity index (χ0v) is 15.6. The van der Waals surface area contributed by atoms with Crippen LogP contribution in [0.4, 0.5) is 5.13 Å². The molecule has 0 saturated carbocycles. The third-order valence-corrected chi connectivity index (χ3v) is 5.00. The van der Waals surface area contributed by atoms with Crippen molar-refractivity contribution in [1.29, 1.82) is 0 Å². The van der Waals surface area contributed by atoms with Crippen LogP contribution >= 0.6 is 11.3 Å². The number of anilines is 1. The number of ether oxygens (including phenoxy) is 3. The molecule has 1 atom stereocenters. The van der Waals surface area contributed by atoms with Gasteiger partial charge in [0.2, 0.25) is 5.88 Å². The Morgan fingerprint density at radius 3 is 3.11 bits per heavy atom. The highest BCUT2D eigenvalue weighted by atomic mass is 32.1. The third kappa shape index (κ3) is 4.17. The predicted molar refractivity (Wildman–Crippen MR) is 103 cm³/mol. The molecule has 1 aromatic carbocycles. The lowest BCUT2D eigenvalue weighted by Crippen LogP contribution is -2.17. The fourth-order valence-corrected chi connectivity index (χ4v) is 3.67. The van der Waals surface area contributed by atoms with Gasteiger partial charge in [0, 0.05) is 24.2 Å². The van der Waals surface area contributed by atoms with Crippen molar-refractivity contribution in [3.8, 4) is 11.6 Å². The zero-order valence-electron chi connectivity index (χ0n) is 14.8. The van der Waals surface area contributed by atoms with Crippen LogP contribution in [0.5, 0.6) is 11.6 Å². The number of thiazole rings is 1. The first-order valence-corrected chi connectivity index (χ1v) is 9.58. The normalized spacial score (nSPS) is 16.4. The molecular formula is C19H19N3O4S. The second kappa shape index (κ2) is 7.89. The van der Waals surface area contributed by atoms with Gasteiger partial charge in [-0.1, -0.05) is 11.3 Å². The summed E-state index contributed by atoms with van der Waals surface area (Å²) < 4.78 is 17.5. The van der Waals surface area contributed by atoms with Crippen molar-refractivity contribution in [3.05, 3.63) is 42.1 Å². The first-order chi connectivity index (χ1) is 13.2. The summed E-state index contributed by atoms with van der Waals surface area (Å²) in [4.78, 5) is 21.2. The third-order valence-electron chi connectivity index (χ3n) is 4.06. The topological polar surface area (TPSA) is 82.6 Å². The molecule has 3 aromatic rings. The van der Waals surface area contributed by atoms with E-state index in [0.29, 0.717) is 36.4 Å². The van der Waals surface area contributed by atoms with Crippen LogP contribution in [0.1, 0.15) is 23.7 Å². The minimum absolute atomic E-state index is 0.0143. The van der Waals surface area contributed by atoms with Crippen LogP contribution in [-0.2, 0) is 4.74 Å². The molecule has 1 saturated heterocycles. The number of benzene rings is 1. The monoisotopic (exact) mass is 385 g/mol. The van der Waals surface area contributed by atoms with E-state index < -0.39 is 0 Å². The van der Waals surface area contributed by atoms with Crippen molar-refractivity contribution >= 4 is 32.6 Å². The van der Waals surface area contributed by atoms with Gasteiger partial charge in [0.05, 0.1) is 30.0 Å². The average molecular weight is 385 g/mol. The summed E-state index contributed by atoms with van der Waals surface area (Å²) in [6.45, 7) is 3.78. The van der Waals surface area contributed by atoms with E-state index in [-0.39, 0.29) is 12.0 Å². The smallest absolute Gasteiger partial charge is 0.257 e. The summed E-state index contributed by atoms with van der Waals surface area (Å²) in [7, 11) is 0. The fourth-order valence-electron chi connectivity index (χ4n) is 2.78. The number of carbonyl (C=O) groups is 1. The number of fused-ring (bicyclic) bond motifs is 1. The molecule has 1 fully saturated rings. The van der Waals surface area contributed by atoms with Crippen LogP contribution in [0.3, 0.4) is 0 Å². The standard InChI is InChI=1S/C19H19N3O4S/c1-2-25-13-3-4-15-16(10-13)27-19(21-15)22-18(23)12-5-7-20-17(9-12)26-14-6-8-24-11-14/h3-5,7,9-10,14H,2,6,8,11H2,1H3,(H,21,22,23)/t14-/m0/s1. The largest absolute Gasteiger partial charge is 0.494 e. The molecule has 4 rings (SSSR count). The van der Waals surface area contributed by atoms with Crippen LogP contribution in [0, 0.1) is 0 Å². The molecule has 1 aliphatic heterocycles. The number of rotatable bonds is 6. The van der Waals surface area contributed by atoms with Crippen molar-refractivity contribution in [3.63, 3.8) is 0 Å². The maximum atomic E-state index is 12.6. The highest BCUT2D eigenvalue weighted by Crippen LogP contribution is 2.29. The molecule has 1 aliphatic rings. The molecule has 3 heterocycles. The SMILES string of the molecule is CCOc1ccc2nc(NC(=O)c3ccnc(O[C@H]4CCOC4)c3)sc2c1. The highest BCUT2D eigenvalue weighted by molar-refractivity contribution is 7.22.